The SMILES string of the molecule is Cc1cc2nccc(=O)n2nc1N1CCc2ncc(Nc3cccc(F)n3)cc2C1. The molecule has 150 valence electrons. The molecule has 5 heterocycles. The van der Waals surface area contributed by atoms with E-state index in [2.05, 4.69) is 30.3 Å². The van der Waals surface area contributed by atoms with Crippen LogP contribution in [0.1, 0.15) is 16.8 Å². The quantitative estimate of drug-likeness (QED) is 0.526. The van der Waals surface area contributed by atoms with Gasteiger partial charge in [-0.25, -0.2) is 9.97 Å². The number of halogens is 1. The van der Waals surface area contributed by atoms with Crippen LogP contribution in [0.4, 0.5) is 21.7 Å². The molecular weight excluding hydrogens is 385 g/mol. The number of pyridine rings is 2. The summed E-state index contributed by atoms with van der Waals surface area (Å²) in [5, 5.41) is 7.64. The summed E-state index contributed by atoms with van der Waals surface area (Å²) >= 11 is 0. The molecule has 5 rings (SSSR count). The van der Waals surface area contributed by atoms with Crippen LogP contribution < -0.4 is 15.8 Å². The van der Waals surface area contributed by atoms with Crippen molar-refractivity contribution in [1.29, 1.82) is 0 Å². The third-order valence-corrected chi connectivity index (χ3v) is 5.07. The van der Waals surface area contributed by atoms with Crippen LogP contribution in [0.5, 0.6) is 0 Å². The van der Waals surface area contributed by atoms with Crippen LogP contribution in [0.2, 0.25) is 0 Å². The van der Waals surface area contributed by atoms with Gasteiger partial charge in [-0.2, -0.15) is 8.91 Å². The summed E-state index contributed by atoms with van der Waals surface area (Å²) in [6, 6.07) is 9.85. The minimum absolute atomic E-state index is 0.214. The van der Waals surface area contributed by atoms with E-state index in [0.717, 1.165) is 41.3 Å². The molecule has 0 saturated carbocycles. The standard InChI is InChI=1S/C21H18FN7O/c1-13-9-19-23-7-5-20(30)29(19)27-21(13)28-8-6-16-14(12-28)10-15(11-24-16)25-18-4-2-3-17(22)26-18/h2-5,7,9-11H,6,8,12H2,1H3,(H,25,26). The first-order valence-corrected chi connectivity index (χ1v) is 9.55. The topological polar surface area (TPSA) is 88.3 Å². The number of nitrogens with one attached hydrogen (secondary N) is 1. The molecule has 4 aromatic rings. The molecule has 9 heteroatoms. The van der Waals surface area contributed by atoms with E-state index in [1.54, 1.807) is 18.3 Å². The molecule has 0 unspecified atom stereocenters. The summed E-state index contributed by atoms with van der Waals surface area (Å²) in [7, 11) is 0. The summed E-state index contributed by atoms with van der Waals surface area (Å²) in [6.45, 7) is 3.30. The van der Waals surface area contributed by atoms with Crippen molar-refractivity contribution in [2.75, 3.05) is 16.8 Å². The second kappa shape index (κ2) is 7.18. The lowest BCUT2D eigenvalue weighted by atomic mass is 10.0. The highest BCUT2D eigenvalue weighted by Gasteiger charge is 2.21. The number of hydrogen-bond donors (Lipinski definition) is 1. The zero-order valence-electron chi connectivity index (χ0n) is 16.2. The molecule has 0 bridgehead atoms. The smallest absolute Gasteiger partial charge is 0.274 e. The van der Waals surface area contributed by atoms with Crippen molar-refractivity contribution < 1.29 is 4.39 Å². The van der Waals surface area contributed by atoms with Crippen LogP contribution in [0.25, 0.3) is 5.65 Å². The first-order chi connectivity index (χ1) is 14.6. The highest BCUT2D eigenvalue weighted by molar-refractivity contribution is 5.58. The summed E-state index contributed by atoms with van der Waals surface area (Å²) in [6.07, 6.45) is 3.98. The Labute approximate surface area is 171 Å². The maximum Gasteiger partial charge on any atom is 0.274 e. The number of rotatable bonds is 3. The van der Waals surface area contributed by atoms with E-state index in [1.165, 1.54) is 22.8 Å². The molecular formula is C21H18FN7O. The lowest BCUT2D eigenvalue weighted by Crippen LogP contribution is -2.33. The summed E-state index contributed by atoms with van der Waals surface area (Å²) in [5.41, 5.74) is 4.05. The van der Waals surface area contributed by atoms with Gasteiger partial charge in [0.05, 0.1) is 11.9 Å². The van der Waals surface area contributed by atoms with Crippen molar-refractivity contribution >= 4 is 23.0 Å². The predicted molar refractivity (Wildman–Crippen MR) is 110 cm³/mol. The normalized spacial score (nSPS) is 13.3. The predicted octanol–water partition coefficient (Wildman–Crippen LogP) is 2.63. The maximum atomic E-state index is 13.4. The number of hydrogen-bond acceptors (Lipinski definition) is 7. The fraction of sp³-hybridized carbons (Fsp3) is 0.190. The summed E-state index contributed by atoms with van der Waals surface area (Å²) < 4.78 is 14.7. The molecule has 0 spiro atoms. The van der Waals surface area contributed by atoms with Gasteiger partial charge in [0.15, 0.2) is 11.5 Å². The fourth-order valence-electron chi connectivity index (χ4n) is 3.66. The van der Waals surface area contributed by atoms with Crippen molar-refractivity contribution in [3.8, 4) is 0 Å². The monoisotopic (exact) mass is 403 g/mol. The third kappa shape index (κ3) is 3.34. The molecule has 0 radical (unpaired) electrons. The zero-order chi connectivity index (χ0) is 20.7. The average molecular weight is 403 g/mol. The average Bonchev–Trinajstić information content (AvgIpc) is 2.73. The molecule has 8 nitrogen and oxygen atoms in total. The molecule has 0 fully saturated rings. The molecule has 0 atom stereocenters. The van der Waals surface area contributed by atoms with Crippen LogP contribution in [-0.2, 0) is 13.0 Å². The lowest BCUT2D eigenvalue weighted by molar-refractivity contribution is 0.585. The Bertz CT molecular complexity index is 1320. The fourth-order valence-corrected chi connectivity index (χ4v) is 3.66. The van der Waals surface area contributed by atoms with Gasteiger partial charge in [0.25, 0.3) is 5.56 Å². The first kappa shape index (κ1) is 18.2. The molecule has 0 amide bonds. The van der Waals surface area contributed by atoms with Gasteiger partial charge < -0.3 is 10.2 Å². The van der Waals surface area contributed by atoms with Crippen LogP contribution in [-0.4, -0.2) is 31.1 Å². The largest absolute Gasteiger partial charge is 0.350 e. The van der Waals surface area contributed by atoms with Crippen LogP contribution in [0.3, 0.4) is 0 Å². The molecule has 0 aliphatic carbocycles. The van der Waals surface area contributed by atoms with Crippen LogP contribution in [0.15, 0.2) is 53.6 Å². The molecule has 1 aliphatic heterocycles. The van der Waals surface area contributed by atoms with Crippen molar-refractivity contribution in [2.24, 2.45) is 0 Å². The number of aryl methyl sites for hydroxylation is 1. The minimum atomic E-state index is -0.542. The molecule has 1 aliphatic rings. The van der Waals surface area contributed by atoms with Gasteiger partial charge in [-0.05, 0) is 42.3 Å². The number of anilines is 3. The Kier molecular flexibility index (Phi) is 4.35. The van der Waals surface area contributed by atoms with Crippen molar-refractivity contribution in [3.63, 3.8) is 0 Å². The Balaban J connectivity index is 1.46. The molecule has 4 aromatic heterocycles. The Morgan fingerprint density at radius 1 is 1.17 bits per heavy atom. The number of aromatic nitrogens is 5. The summed E-state index contributed by atoms with van der Waals surface area (Å²) in [5.74, 6) is 0.622. The second-order valence-corrected chi connectivity index (χ2v) is 7.18. The van der Waals surface area contributed by atoms with E-state index in [4.69, 9.17) is 0 Å². The Hall–Kier alpha value is -3.88. The van der Waals surface area contributed by atoms with Gasteiger partial charge in [0, 0.05) is 37.5 Å². The van der Waals surface area contributed by atoms with Gasteiger partial charge in [-0.1, -0.05) is 6.07 Å². The molecule has 1 N–H and O–H groups in total. The Morgan fingerprint density at radius 2 is 2.07 bits per heavy atom. The van der Waals surface area contributed by atoms with E-state index in [1.807, 2.05) is 19.1 Å². The van der Waals surface area contributed by atoms with Gasteiger partial charge in [0.2, 0.25) is 5.95 Å². The molecule has 30 heavy (non-hydrogen) atoms. The van der Waals surface area contributed by atoms with Gasteiger partial charge in [0.1, 0.15) is 5.82 Å². The number of nitrogens with zero attached hydrogens (tertiary/aromatic N) is 6. The molecule has 0 aromatic carbocycles. The van der Waals surface area contributed by atoms with E-state index in [0.29, 0.717) is 18.0 Å². The van der Waals surface area contributed by atoms with E-state index in [9.17, 15) is 9.18 Å². The maximum absolute atomic E-state index is 13.4. The van der Waals surface area contributed by atoms with Gasteiger partial charge >= 0.3 is 0 Å². The van der Waals surface area contributed by atoms with E-state index >= 15 is 0 Å². The van der Waals surface area contributed by atoms with Gasteiger partial charge in [-0.15, -0.1) is 5.10 Å². The van der Waals surface area contributed by atoms with Gasteiger partial charge in [-0.3, -0.25) is 9.78 Å². The third-order valence-electron chi connectivity index (χ3n) is 5.07. The molecule has 0 saturated heterocycles. The summed E-state index contributed by atoms with van der Waals surface area (Å²) in [4.78, 5) is 26.9. The number of fused-ring (bicyclic) bond motifs is 2. The second-order valence-electron chi connectivity index (χ2n) is 7.18. The zero-order valence-corrected chi connectivity index (χ0v) is 16.2. The van der Waals surface area contributed by atoms with Crippen LogP contribution in [0, 0.1) is 12.9 Å². The van der Waals surface area contributed by atoms with E-state index < -0.39 is 5.95 Å². The minimum Gasteiger partial charge on any atom is -0.350 e. The van der Waals surface area contributed by atoms with Crippen molar-refractivity contribution in [3.05, 3.63) is 81.9 Å². The Morgan fingerprint density at radius 3 is 2.93 bits per heavy atom. The highest BCUT2D eigenvalue weighted by Crippen LogP contribution is 2.27. The first-order valence-electron chi connectivity index (χ1n) is 9.55. The van der Waals surface area contributed by atoms with Crippen LogP contribution >= 0.6 is 0 Å². The van der Waals surface area contributed by atoms with E-state index in [-0.39, 0.29) is 5.56 Å². The highest BCUT2D eigenvalue weighted by atomic mass is 19.1. The van der Waals surface area contributed by atoms with Crippen molar-refractivity contribution in [2.45, 2.75) is 19.9 Å². The van der Waals surface area contributed by atoms with Crippen molar-refractivity contribution in [1.82, 2.24) is 24.6 Å². The lowest BCUT2D eigenvalue weighted by Gasteiger charge is -2.30.